The molecule has 4 heteroatoms. The molecule has 3 nitrogen and oxygen atoms in total. The maximum Gasteiger partial charge on any atom is 0.235 e. The number of para-hydroxylation sites is 1. The van der Waals surface area contributed by atoms with Crippen molar-refractivity contribution in [1.29, 1.82) is 0 Å². The van der Waals surface area contributed by atoms with Gasteiger partial charge in [-0.1, -0.05) is 141 Å². The van der Waals surface area contributed by atoms with Crippen molar-refractivity contribution in [3.8, 4) is 33.5 Å². The van der Waals surface area contributed by atoms with Crippen molar-refractivity contribution in [2.24, 2.45) is 0 Å². The molecule has 0 atom stereocenters. The zero-order valence-corrected chi connectivity index (χ0v) is 31.3. The molecule has 11 rings (SSSR count). The molecule has 0 bridgehead atoms. The number of thiophene rings is 1. The van der Waals surface area contributed by atoms with E-state index in [-0.39, 0.29) is 5.41 Å². The average molecular weight is 722 g/mol. The Kier molecular flexibility index (Phi) is 7.07. The minimum absolute atomic E-state index is 0.153. The van der Waals surface area contributed by atoms with E-state index in [0.29, 0.717) is 5.95 Å². The number of benzene rings is 8. The summed E-state index contributed by atoms with van der Waals surface area (Å²) in [5, 5.41) is 6.02. The summed E-state index contributed by atoms with van der Waals surface area (Å²) >= 11 is 1.85. The molecule has 0 aliphatic heterocycles. The first-order valence-electron chi connectivity index (χ1n) is 18.8. The minimum Gasteiger partial charge on any atom is -0.279 e. The highest BCUT2D eigenvalue weighted by Gasteiger charge is 2.36. The Morgan fingerprint density at radius 3 is 2.00 bits per heavy atom. The van der Waals surface area contributed by atoms with E-state index in [4.69, 9.17) is 9.97 Å². The van der Waals surface area contributed by atoms with Crippen molar-refractivity contribution in [2.75, 3.05) is 4.90 Å². The molecule has 2 aromatic heterocycles. The van der Waals surface area contributed by atoms with Crippen LogP contribution in [0.15, 0.2) is 176 Å². The van der Waals surface area contributed by atoms with Gasteiger partial charge >= 0.3 is 0 Å². The maximum atomic E-state index is 5.59. The van der Waals surface area contributed by atoms with Crippen LogP contribution in [0.25, 0.3) is 75.4 Å². The van der Waals surface area contributed by atoms with Crippen LogP contribution in [0.1, 0.15) is 25.0 Å². The highest BCUT2D eigenvalue weighted by molar-refractivity contribution is 7.26. The number of hydrogen-bond donors (Lipinski definition) is 0. The topological polar surface area (TPSA) is 29.0 Å². The van der Waals surface area contributed by atoms with E-state index in [9.17, 15) is 0 Å². The maximum absolute atomic E-state index is 5.59. The smallest absolute Gasteiger partial charge is 0.235 e. The van der Waals surface area contributed by atoms with Gasteiger partial charge in [0.05, 0.1) is 11.2 Å². The van der Waals surface area contributed by atoms with Crippen molar-refractivity contribution in [1.82, 2.24) is 9.97 Å². The quantitative estimate of drug-likeness (QED) is 0.177. The number of hydrogen-bond acceptors (Lipinski definition) is 4. The minimum atomic E-state index is -0.153. The van der Waals surface area contributed by atoms with Gasteiger partial charge in [0.2, 0.25) is 5.95 Å². The van der Waals surface area contributed by atoms with Crippen molar-refractivity contribution in [2.45, 2.75) is 19.3 Å². The molecular formula is C51H35N3S. The number of anilines is 3. The lowest BCUT2D eigenvalue weighted by atomic mass is 9.82. The van der Waals surface area contributed by atoms with Crippen LogP contribution in [-0.2, 0) is 5.41 Å². The number of rotatable bonds is 5. The summed E-state index contributed by atoms with van der Waals surface area (Å²) in [5.74, 6) is 0.636. The predicted octanol–water partition coefficient (Wildman–Crippen LogP) is 14.3. The third-order valence-corrected chi connectivity index (χ3v) is 12.6. The molecule has 55 heavy (non-hydrogen) atoms. The van der Waals surface area contributed by atoms with Gasteiger partial charge in [-0.25, -0.2) is 9.97 Å². The van der Waals surface area contributed by atoms with Crippen molar-refractivity contribution < 1.29 is 0 Å². The first kappa shape index (κ1) is 31.9. The highest BCUT2D eigenvalue weighted by Crippen LogP contribution is 2.51. The van der Waals surface area contributed by atoms with Crippen LogP contribution in [0.5, 0.6) is 0 Å². The van der Waals surface area contributed by atoms with Gasteiger partial charge < -0.3 is 0 Å². The summed E-state index contributed by atoms with van der Waals surface area (Å²) in [6, 6.07) is 63.4. The summed E-state index contributed by atoms with van der Waals surface area (Å²) in [5.41, 5.74) is 12.4. The van der Waals surface area contributed by atoms with E-state index in [0.717, 1.165) is 33.5 Å². The summed E-state index contributed by atoms with van der Waals surface area (Å²) in [4.78, 5) is 13.2. The zero-order valence-electron chi connectivity index (χ0n) is 30.5. The summed E-state index contributed by atoms with van der Waals surface area (Å²) in [6.45, 7) is 4.67. The zero-order chi connectivity index (χ0) is 36.7. The number of nitrogens with zero attached hydrogens (tertiary/aromatic N) is 3. The molecule has 10 aromatic rings. The highest BCUT2D eigenvalue weighted by atomic mass is 32.1. The Morgan fingerprint density at radius 2 is 1.15 bits per heavy atom. The Hall–Kier alpha value is -6.62. The Labute approximate surface area is 323 Å². The van der Waals surface area contributed by atoms with Gasteiger partial charge in [0.15, 0.2) is 0 Å². The summed E-state index contributed by atoms with van der Waals surface area (Å²) in [6.07, 6.45) is 0. The van der Waals surface area contributed by atoms with E-state index in [1.165, 1.54) is 64.3 Å². The Morgan fingerprint density at radius 1 is 0.473 bits per heavy atom. The average Bonchev–Trinajstić information content (AvgIpc) is 3.71. The van der Waals surface area contributed by atoms with Gasteiger partial charge in [0.1, 0.15) is 0 Å². The van der Waals surface area contributed by atoms with Crippen LogP contribution in [0.4, 0.5) is 17.3 Å². The first-order valence-corrected chi connectivity index (χ1v) is 19.6. The second-order valence-electron chi connectivity index (χ2n) is 15.0. The molecule has 0 fully saturated rings. The van der Waals surface area contributed by atoms with Gasteiger partial charge in [-0.2, -0.15) is 0 Å². The van der Waals surface area contributed by atoms with Gasteiger partial charge in [0, 0.05) is 47.9 Å². The Bertz CT molecular complexity index is 3120. The van der Waals surface area contributed by atoms with E-state index < -0.39 is 0 Å². The molecule has 0 N–H and O–H groups in total. The van der Waals surface area contributed by atoms with Crippen LogP contribution in [-0.4, -0.2) is 9.97 Å². The molecule has 260 valence electrons. The summed E-state index contributed by atoms with van der Waals surface area (Å²) in [7, 11) is 0. The van der Waals surface area contributed by atoms with Crippen molar-refractivity contribution >= 4 is 70.5 Å². The van der Waals surface area contributed by atoms with Crippen LogP contribution >= 0.6 is 11.3 Å². The van der Waals surface area contributed by atoms with Gasteiger partial charge in [-0.3, -0.25) is 4.90 Å². The second kappa shape index (κ2) is 12.2. The standard InChI is InChI=1S/C51H35N3S/c1-51(2)43-20-10-8-17-38(43)39-28-27-37(31-44(39)51)54(36-25-23-33(24-26-36)32-13-4-3-5-14-32)50-52-45-21-11-9-18-40(45)49(53-50)41-19-12-22-46-48(41)42-29-34-15-6-7-16-35(34)30-47(42)55-46/h3-31H,1-2H3. The molecule has 0 spiro atoms. The molecule has 0 radical (unpaired) electrons. The third kappa shape index (κ3) is 5.02. The third-order valence-electron chi connectivity index (χ3n) is 11.5. The number of aromatic nitrogens is 2. The van der Waals surface area contributed by atoms with E-state index >= 15 is 0 Å². The van der Waals surface area contributed by atoms with Crippen LogP contribution < -0.4 is 4.90 Å². The molecule has 0 saturated carbocycles. The van der Waals surface area contributed by atoms with Crippen molar-refractivity contribution in [3.05, 3.63) is 187 Å². The Balaban J connectivity index is 1.15. The monoisotopic (exact) mass is 721 g/mol. The predicted molar refractivity (Wildman–Crippen MR) is 233 cm³/mol. The molecule has 2 heterocycles. The molecule has 8 aromatic carbocycles. The van der Waals surface area contributed by atoms with Gasteiger partial charge in [0.25, 0.3) is 0 Å². The summed E-state index contributed by atoms with van der Waals surface area (Å²) < 4.78 is 2.53. The molecular weight excluding hydrogens is 687 g/mol. The van der Waals surface area contributed by atoms with Crippen molar-refractivity contribution in [3.63, 3.8) is 0 Å². The van der Waals surface area contributed by atoms with Crippen LogP contribution in [0.3, 0.4) is 0 Å². The number of fused-ring (bicyclic) bond motifs is 8. The normalized spacial score (nSPS) is 13.1. The largest absolute Gasteiger partial charge is 0.279 e. The molecule has 0 saturated heterocycles. The van der Waals surface area contributed by atoms with Crippen LogP contribution in [0, 0.1) is 0 Å². The second-order valence-corrected chi connectivity index (χ2v) is 16.1. The fourth-order valence-corrected chi connectivity index (χ4v) is 9.89. The van der Waals surface area contributed by atoms with Gasteiger partial charge in [-0.05, 0) is 92.7 Å². The first-order chi connectivity index (χ1) is 27.0. The van der Waals surface area contributed by atoms with E-state index in [1.54, 1.807) is 0 Å². The lowest BCUT2D eigenvalue weighted by Crippen LogP contribution is -2.17. The van der Waals surface area contributed by atoms with Crippen LogP contribution in [0.2, 0.25) is 0 Å². The fraction of sp³-hybridized carbons (Fsp3) is 0.0588. The lowest BCUT2D eigenvalue weighted by Gasteiger charge is -2.27. The van der Waals surface area contributed by atoms with E-state index in [2.05, 4.69) is 195 Å². The van der Waals surface area contributed by atoms with Gasteiger partial charge in [-0.15, -0.1) is 11.3 Å². The molecule has 1 aliphatic carbocycles. The molecule has 0 unspecified atom stereocenters. The fourth-order valence-electron chi connectivity index (χ4n) is 8.72. The SMILES string of the molecule is CC1(C)c2ccccc2-c2ccc(N(c3ccc(-c4ccccc4)cc3)c3nc(-c4cccc5sc6cc7ccccc7cc6c45)c4ccccc4n3)cc21. The molecule has 1 aliphatic rings. The van der Waals surface area contributed by atoms with E-state index in [1.807, 2.05) is 11.3 Å². The molecule has 0 amide bonds. The lowest BCUT2D eigenvalue weighted by molar-refractivity contribution is 0.660.